The first kappa shape index (κ1) is 18.4. The van der Waals surface area contributed by atoms with Crippen molar-refractivity contribution in [3.63, 3.8) is 0 Å². The van der Waals surface area contributed by atoms with Gasteiger partial charge in [0.2, 0.25) is 0 Å². The van der Waals surface area contributed by atoms with E-state index in [4.69, 9.17) is 0 Å². The largest absolute Gasteiger partial charge is 0.301 e. The Hall–Kier alpha value is -0.630. The molecule has 1 heterocycles. The van der Waals surface area contributed by atoms with E-state index in [9.17, 15) is 5.26 Å². The third-order valence-corrected chi connectivity index (χ3v) is 4.79. The van der Waals surface area contributed by atoms with Crippen LogP contribution in [0.1, 0.15) is 53.4 Å². The van der Waals surface area contributed by atoms with Crippen LogP contribution in [0.25, 0.3) is 0 Å². The molecule has 4 nitrogen and oxygen atoms in total. The van der Waals surface area contributed by atoms with Crippen LogP contribution in [-0.2, 0) is 0 Å². The predicted molar refractivity (Wildman–Crippen MR) is 89.3 cm³/mol. The number of nitrogens with one attached hydrogen (secondary N) is 1. The Kier molecular flexibility index (Phi) is 7.65. The summed E-state index contributed by atoms with van der Waals surface area (Å²) in [5.74, 6) is 0. The van der Waals surface area contributed by atoms with Crippen LogP contribution in [0, 0.1) is 11.3 Å². The maximum atomic E-state index is 9.54. The molecule has 0 spiro atoms. The first-order valence-corrected chi connectivity index (χ1v) is 8.58. The molecule has 0 radical (unpaired) electrons. The van der Waals surface area contributed by atoms with E-state index in [1.807, 2.05) is 0 Å². The molecular weight excluding hydrogens is 260 g/mol. The van der Waals surface area contributed by atoms with Gasteiger partial charge in [-0.15, -0.1) is 0 Å². The average Bonchev–Trinajstić information content (AvgIpc) is 2.47. The molecule has 1 aliphatic heterocycles. The van der Waals surface area contributed by atoms with E-state index in [2.05, 4.69) is 55.9 Å². The standard InChI is InChI=1S/C17H34N4/c1-6-16-13-21(12-11-20(16)5)10-8-9-17(7-2,14-18)19-15(3)4/h15-16,19H,6-13H2,1-5H3. The second kappa shape index (κ2) is 8.73. The van der Waals surface area contributed by atoms with Gasteiger partial charge in [-0.2, -0.15) is 5.26 Å². The summed E-state index contributed by atoms with van der Waals surface area (Å²) in [6, 6.07) is 3.58. The predicted octanol–water partition coefficient (Wildman–Crippen LogP) is 2.46. The summed E-state index contributed by atoms with van der Waals surface area (Å²) in [5, 5.41) is 13.0. The van der Waals surface area contributed by atoms with Gasteiger partial charge in [0.05, 0.1) is 6.07 Å². The maximum absolute atomic E-state index is 9.54. The van der Waals surface area contributed by atoms with E-state index < -0.39 is 0 Å². The van der Waals surface area contributed by atoms with Crippen molar-refractivity contribution in [3.05, 3.63) is 0 Å². The van der Waals surface area contributed by atoms with Crippen LogP contribution in [0.15, 0.2) is 0 Å². The second-order valence-electron chi connectivity index (χ2n) is 6.79. The highest BCUT2D eigenvalue weighted by Gasteiger charge is 2.29. The zero-order valence-electron chi connectivity index (χ0n) is 14.7. The molecule has 2 atom stereocenters. The van der Waals surface area contributed by atoms with Gasteiger partial charge in [0.15, 0.2) is 0 Å². The van der Waals surface area contributed by atoms with Crippen molar-refractivity contribution in [2.45, 2.75) is 71.0 Å². The summed E-state index contributed by atoms with van der Waals surface area (Å²) >= 11 is 0. The van der Waals surface area contributed by atoms with Crippen LogP contribution in [0.2, 0.25) is 0 Å². The van der Waals surface area contributed by atoms with Gasteiger partial charge < -0.3 is 9.80 Å². The zero-order valence-corrected chi connectivity index (χ0v) is 14.7. The van der Waals surface area contributed by atoms with Crippen molar-refractivity contribution < 1.29 is 0 Å². The molecule has 0 aromatic rings. The number of hydrogen-bond acceptors (Lipinski definition) is 4. The molecule has 0 bridgehead atoms. The van der Waals surface area contributed by atoms with Crippen molar-refractivity contribution in [1.82, 2.24) is 15.1 Å². The normalized spacial score (nSPS) is 24.0. The quantitative estimate of drug-likeness (QED) is 0.747. The molecule has 0 aliphatic carbocycles. The Morgan fingerprint density at radius 3 is 2.57 bits per heavy atom. The van der Waals surface area contributed by atoms with E-state index in [0.717, 1.165) is 32.4 Å². The molecule has 0 aromatic carbocycles. The van der Waals surface area contributed by atoms with Crippen LogP contribution in [0.5, 0.6) is 0 Å². The first-order chi connectivity index (χ1) is 9.96. The summed E-state index contributed by atoms with van der Waals surface area (Å²) in [5.41, 5.74) is -0.342. The van der Waals surface area contributed by atoms with Gasteiger partial charge in [0.25, 0.3) is 0 Å². The van der Waals surface area contributed by atoms with E-state index >= 15 is 0 Å². The molecule has 122 valence electrons. The van der Waals surface area contributed by atoms with Crippen molar-refractivity contribution in [2.75, 3.05) is 33.2 Å². The molecule has 0 amide bonds. The van der Waals surface area contributed by atoms with Gasteiger partial charge in [0, 0.05) is 31.7 Å². The summed E-state index contributed by atoms with van der Waals surface area (Å²) in [6.45, 7) is 13.2. The fraction of sp³-hybridized carbons (Fsp3) is 0.941. The minimum absolute atomic E-state index is 0.342. The molecule has 1 rings (SSSR count). The second-order valence-corrected chi connectivity index (χ2v) is 6.79. The summed E-state index contributed by atoms with van der Waals surface area (Å²) in [7, 11) is 2.23. The van der Waals surface area contributed by atoms with Crippen molar-refractivity contribution in [1.29, 1.82) is 5.26 Å². The Morgan fingerprint density at radius 2 is 2.05 bits per heavy atom. The molecule has 4 heteroatoms. The van der Waals surface area contributed by atoms with Gasteiger partial charge in [-0.05, 0) is 53.1 Å². The fourth-order valence-corrected chi connectivity index (χ4v) is 3.33. The fourth-order valence-electron chi connectivity index (χ4n) is 3.33. The minimum atomic E-state index is -0.342. The van der Waals surface area contributed by atoms with Gasteiger partial charge in [0.1, 0.15) is 5.54 Å². The molecule has 2 unspecified atom stereocenters. The van der Waals surface area contributed by atoms with Crippen LogP contribution < -0.4 is 5.32 Å². The third-order valence-electron chi connectivity index (χ3n) is 4.79. The smallest absolute Gasteiger partial charge is 0.106 e. The summed E-state index contributed by atoms with van der Waals surface area (Å²) in [6.07, 6.45) is 4.14. The molecule has 0 saturated carbocycles. The number of nitrogens with zero attached hydrogens (tertiary/aromatic N) is 3. The molecule has 0 aromatic heterocycles. The molecule has 21 heavy (non-hydrogen) atoms. The number of rotatable bonds is 8. The molecule has 1 N–H and O–H groups in total. The first-order valence-electron chi connectivity index (χ1n) is 8.58. The van der Waals surface area contributed by atoms with Crippen LogP contribution >= 0.6 is 0 Å². The van der Waals surface area contributed by atoms with Crippen molar-refractivity contribution in [3.8, 4) is 6.07 Å². The van der Waals surface area contributed by atoms with Gasteiger partial charge >= 0.3 is 0 Å². The van der Waals surface area contributed by atoms with Crippen LogP contribution in [-0.4, -0.2) is 60.6 Å². The highest BCUT2D eigenvalue weighted by molar-refractivity contribution is 5.06. The molecular formula is C17H34N4. The summed E-state index contributed by atoms with van der Waals surface area (Å²) in [4.78, 5) is 5.05. The van der Waals surface area contributed by atoms with E-state index in [1.165, 1.54) is 19.5 Å². The van der Waals surface area contributed by atoms with Crippen LogP contribution in [0.4, 0.5) is 0 Å². The number of likely N-dealkylation sites (N-methyl/N-ethyl adjacent to an activating group) is 1. The van der Waals surface area contributed by atoms with Gasteiger partial charge in [-0.25, -0.2) is 0 Å². The van der Waals surface area contributed by atoms with Crippen LogP contribution in [0.3, 0.4) is 0 Å². The number of piperazine rings is 1. The van der Waals surface area contributed by atoms with Gasteiger partial charge in [-0.3, -0.25) is 5.32 Å². The molecule has 1 aliphatic rings. The van der Waals surface area contributed by atoms with E-state index in [0.29, 0.717) is 12.1 Å². The van der Waals surface area contributed by atoms with E-state index in [1.54, 1.807) is 0 Å². The lowest BCUT2D eigenvalue weighted by Gasteiger charge is -2.39. The highest BCUT2D eigenvalue weighted by Crippen LogP contribution is 2.19. The topological polar surface area (TPSA) is 42.3 Å². The summed E-state index contributed by atoms with van der Waals surface area (Å²) < 4.78 is 0. The lowest BCUT2D eigenvalue weighted by atomic mass is 9.91. The Bertz CT molecular complexity index is 336. The highest BCUT2D eigenvalue weighted by atomic mass is 15.3. The SMILES string of the molecule is CCC1CN(CCCC(C#N)(CC)NC(C)C)CCN1C. The number of hydrogen-bond donors (Lipinski definition) is 1. The van der Waals surface area contributed by atoms with Crippen molar-refractivity contribution in [2.24, 2.45) is 0 Å². The van der Waals surface area contributed by atoms with Gasteiger partial charge in [-0.1, -0.05) is 13.8 Å². The third kappa shape index (κ3) is 5.58. The molecule has 1 saturated heterocycles. The number of nitriles is 1. The zero-order chi connectivity index (χ0) is 15.9. The Labute approximate surface area is 131 Å². The van der Waals surface area contributed by atoms with Crippen molar-refractivity contribution >= 4 is 0 Å². The lowest BCUT2D eigenvalue weighted by Crippen LogP contribution is -2.52. The molecule has 1 fully saturated rings. The lowest BCUT2D eigenvalue weighted by molar-refractivity contribution is 0.0905. The average molecular weight is 294 g/mol. The monoisotopic (exact) mass is 294 g/mol. The Morgan fingerprint density at radius 1 is 1.33 bits per heavy atom. The van der Waals surface area contributed by atoms with E-state index in [-0.39, 0.29) is 5.54 Å². The maximum Gasteiger partial charge on any atom is 0.106 e. The minimum Gasteiger partial charge on any atom is -0.301 e. The Balaban J connectivity index is 2.42.